The number of primary amides is 1. The van der Waals surface area contributed by atoms with Crippen LogP contribution in [0.3, 0.4) is 0 Å². The molecule has 3 N–H and O–H groups in total. The van der Waals surface area contributed by atoms with Crippen LogP contribution in [0, 0.1) is 6.92 Å². The van der Waals surface area contributed by atoms with Gasteiger partial charge in [0.05, 0.1) is 6.04 Å². The fraction of sp³-hybridized carbons (Fsp3) is 0.417. The summed E-state index contributed by atoms with van der Waals surface area (Å²) >= 11 is 0. The van der Waals surface area contributed by atoms with E-state index in [0.29, 0.717) is 0 Å². The Hall–Kier alpha value is -1.35. The molecule has 0 fully saturated rings. The fourth-order valence-corrected chi connectivity index (χ4v) is 1.62. The molecular weight excluding hydrogens is 188 g/mol. The first-order valence-corrected chi connectivity index (χ1v) is 5.13. The molecule has 0 heterocycles. The zero-order valence-corrected chi connectivity index (χ0v) is 9.45. The molecule has 1 amide bonds. The molecule has 82 valence electrons. The lowest BCUT2D eigenvalue weighted by molar-refractivity contribution is -0.119. The van der Waals surface area contributed by atoms with E-state index < -0.39 is 0 Å². The number of rotatable bonds is 4. The molecule has 0 aromatic heterocycles. The van der Waals surface area contributed by atoms with Gasteiger partial charge in [-0.15, -0.1) is 0 Å². The summed E-state index contributed by atoms with van der Waals surface area (Å²) < 4.78 is 0. The fourth-order valence-electron chi connectivity index (χ4n) is 1.62. The molecule has 0 radical (unpaired) electrons. The predicted molar refractivity (Wildman–Crippen MR) is 61.4 cm³/mol. The van der Waals surface area contributed by atoms with E-state index in [1.54, 1.807) is 6.92 Å². The molecule has 1 rings (SSSR count). The molecule has 15 heavy (non-hydrogen) atoms. The highest BCUT2D eigenvalue weighted by atomic mass is 16.1. The molecule has 0 saturated heterocycles. The third-order valence-electron chi connectivity index (χ3n) is 2.58. The average molecular weight is 206 g/mol. The van der Waals surface area contributed by atoms with E-state index >= 15 is 0 Å². The van der Waals surface area contributed by atoms with E-state index in [0.717, 1.165) is 0 Å². The largest absolute Gasteiger partial charge is 0.368 e. The Bertz CT molecular complexity index is 349. The molecule has 2 atom stereocenters. The van der Waals surface area contributed by atoms with Gasteiger partial charge in [0.2, 0.25) is 5.91 Å². The molecular formula is C12H18N2O. The van der Waals surface area contributed by atoms with Crippen LogP contribution in [0.15, 0.2) is 24.3 Å². The monoisotopic (exact) mass is 206 g/mol. The Morgan fingerprint density at radius 3 is 2.47 bits per heavy atom. The minimum absolute atomic E-state index is 0.133. The van der Waals surface area contributed by atoms with Crippen molar-refractivity contribution in [1.82, 2.24) is 5.32 Å². The third kappa shape index (κ3) is 3.06. The van der Waals surface area contributed by atoms with Crippen LogP contribution in [0.1, 0.15) is 31.0 Å². The van der Waals surface area contributed by atoms with Crippen molar-refractivity contribution in [3.05, 3.63) is 35.4 Å². The zero-order valence-electron chi connectivity index (χ0n) is 9.45. The molecule has 0 aliphatic heterocycles. The van der Waals surface area contributed by atoms with Crippen molar-refractivity contribution in [3.63, 3.8) is 0 Å². The highest BCUT2D eigenvalue weighted by Crippen LogP contribution is 2.16. The number of benzene rings is 1. The van der Waals surface area contributed by atoms with Gasteiger partial charge in [0.15, 0.2) is 0 Å². The summed E-state index contributed by atoms with van der Waals surface area (Å²) in [4.78, 5) is 10.9. The molecule has 0 bridgehead atoms. The van der Waals surface area contributed by atoms with Crippen LogP contribution in [0.4, 0.5) is 0 Å². The van der Waals surface area contributed by atoms with Crippen LogP contribution in [0.5, 0.6) is 0 Å². The second kappa shape index (κ2) is 4.94. The Kier molecular flexibility index (Phi) is 3.86. The summed E-state index contributed by atoms with van der Waals surface area (Å²) in [7, 11) is 0. The molecule has 1 unspecified atom stereocenters. The smallest absolute Gasteiger partial charge is 0.234 e. The lowest BCUT2D eigenvalue weighted by atomic mass is 10.0. The molecule has 3 nitrogen and oxygen atoms in total. The SMILES string of the molecule is Cc1ccccc1[C@H](C)NC(C)C(N)=O. The normalized spacial score (nSPS) is 14.6. The van der Waals surface area contributed by atoms with E-state index in [9.17, 15) is 4.79 Å². The summed E-state index contributed by atoms with van der Waals surface area (Å²) in [6.07, 6.45) is 0. The Balaban J connectivity index is 2.73. The summed E-state index contributed by atoms with van der Waals surface area (Å²) in [6.45, 7) is 5.86. The van der Waals surface area contributed by atoms with Gasteiger partial charge >= 0.3 is 0 Å². The van der Waals surface area contributed by atoms with Crippen molar-refractivity contribution >= 4 is 5.91 Å². The molecule has 0 aliphatic rings. The van der Waals surface area contributed by atoms with Gasteiger partial charge in [0.25, 0.3) is 0 Å². The predicted octanol–water partition coefficient (Wildman–Crippen LogP) is 1.52. The highest BCUT2D eigenvalue weighted by molar-refractivity contribution is 5.79. The van der Waals surface area contributed by atoms with Crippen molar-refractivity contribution in [2.75, 3.05) is 0 Å². The van der Waals surface area contributed by atoms with E-state index in [2.05, 4.69) is 24.4 Å². The Morgan fingerprint density at radius 1 is 1.33 bits per heavy atom. The van der Waals surface area contributed by atoms with Crippen LogP contribution >= 0.6 is 0 Å². The van der Waals surface area contributed by atoms with E-state index in [4.69, 9.17) is 5.73 Å². The summed E-state index contributed by atoms with van der Waals surface area (Å²) in [5, 5.41) is 3.16. The average Bonchev–Trinajstić information content (AvgIpc) is 2.18. The van der Waals surface area contributed by atoms with Gasteiger partial charge in [-0.05, 0) is 31.9 Å². The van der Waals surface area contributed by atoms with Crippen LogP contribution in [-0.4, -0.2) is 11.9 Å². The van der Waals surface area contributed by atoms with E-state index in [-0.39, 0.29) is 18.0 Å². The van der Waals surface area contributed by atoms with Gasteiger partial charge in [-0.1, -0.05) is 24.3 Å². The second-order valence-electron chi connectivity index (χ2n) is 3.87. The standard InChI is InChI=1S/C12H18N2O/c1-8-6-4-5-7-11(8)9(2)14-10(3)12(13)15/h4-7,9-10,14H,1-3H3,(H2,13,15)/t9-,10?/m0/s1. The Labute approximate surface area is 90.7 Å². The van der Waals surface area contributed by atoms with Gasteiger partial charge in [-0.2, -0.15) is 0 Å². The van der Waals surface area contributed by atoms with Crippen molar-refractivity contribution in [2.45, 2.75) is 32.9 Å². The minimum atomic E-state index is -0.324. The van der Waals surface area contributed by atoms with Crippen LogP contribution in [0.2, 0.25) is 0 Å². The maximum Gasteiger partial charge on any atom is 0.234 e. The van der Waals surface area contributed by atoms with Gasteiger partial charge in [-0.25, -0.2) is 0 Å². The van der Waals surface area contributed by atoms with Crippen LogP contribution in [0.25, 0.3) is 0 Å². The molecule has 0 saturated carbocycles. The van der Waals surface area contributed by atoms with Crippen molar-refractivity contribution in [3.8, 4) is 0 Å². The first kappa shape index (κ1) is 11.7. The van der Waals surface area contributed by atoms with Crippen LogP contribution < -0.4 is 11.1 Å². The molecule has 0 aliphatic carbocycles. The number of nitrogens with two attached hydrogens (primary N) is 1. The zero-order chi connectivity index (χ0) is 11.4. The number of hydrogen-bond acceptors (Lipinski definition) is 2. The first-order chi connectivity index (χ1) is 7.02. The van der Waals surface area contributed by atoms with Gasteiger partial charge in [0, 0.05) is 6.04 Å². The number of carbonyl (C=O) groups is 1. The van der Waals surface area contributed by atoms with Crippen molar-refractivity contribution < 1.29 is 4.79 Å². The first-order valence-electron chi connectivity index (χ1n) is 5.13. The topological polar surface area (TPSA) is 55.1 Å². The quantitative estimate of drug-likeness (QED) is 0.784. The van der Waals surface area contributed by atoms with E-state index in [1.807, 2.05) is 19.1 Å². The van der Waals surface area contributed by atoms with Gasteiger partial charge in [0.1, 0.15) is 0 Å². The maximum absolute atomic E-state index is 10.9. The third-order valence-corrected chi connectivity index (χ3v) is 2.58. The molecule has 3 heteroatoms. The lowest BCUT2D eigenvalue weighted by Crippen LogP contribution is -2.40. The van der Waals surface area contributed by atoms with E-state index in [1.165, 1.54) is 11.1 Å². The molecule has 0 spiro atoms. The lowest BCUT2D eigenvalue weighted by Gasteiger charge is -2.19. The van der Waals surface area contributed by atoms with Gasteiger partial charge in [-0.3, -0.25) is 10.1 Å². The molecule has 1 aromatic rings. The summed E-state index contributed by atoms with van der Waals surface area (Å²) in [5.74, 6) is -0.324. The van der Waals surface area contributed by atoms with Crippen LogP contribution in [-0.2, 0) is 4.79 Å². The molecule has 1 aromatic carbocycles. The number of aryl methyl sites for hydroxylation is 1. The number of amides is 1. The van der Waals surface area contributed by atoms with Crippen molar-refractivity contribution in [2.24, 2.45) is 5.73 Å². The summed E-state index contributed by atoms with van der Waals surface area (Å²) in [6, 6.07) is 7.94. The number of carbonyl (C=O) groups excluding carboxylic acids is 1. The Morgan fingerprint density at radius 2 is 1.93 bits per heavy atom. The minimum Gasteiger partial charge on any atom is -0.368 e. The number of nitrogens with one attached hydrogen (secondary N) is 1. The second-order valence-corrected chi connectivity index (χ2v) is 3.87. The van der Waals surface area contributed by atoms with Gasteiger partial charge < -0.3 is 5.73 Å². The summed E-state index contributed by atoms with van der Waals surface area (Å²) in [5.41, 5.74) is 7.62. The number of hydrogen-bond donors (Lipinski definition) is 2. The van der Waals surface area contributed by atoms with Crippen molar-refractivity contribution in [1.29, 1.82) is 0 Å². The highest BCUT2D eigenvalue weighted by Gasteiger charge is 2.14. The maximum atomic E-state index is 10.9.